The molecule has 2 aromatic rings. The number of nitrogens with one attached hydrogen (secondary N) is 1. The fourth-order valence-electron chi connectivity index (χ4n) is 2.68. The van der Waals surface area contributed by atoms with E-state index in [2.05, 4.69) is 5.43 Å². The molecular formula is C14H16FN3O2. The maximum absolute atomic E-state index is 13.1. The molecule has 1 amide bonds. The molecule has 5 nitrogen and oxygen atoms in total. The molecule has 1 aliphatic rings. The number of carbonyl (C=O) groups is 1. The molecule has 1 aromatic heterocycles. The predicted molar refractivity (Wildman–Crippen MR) is 72.1 cm³/mol. The fourth-order valence-corrected chi connectivity index (χ4v) is 2.68. The number of nitrogens with two attached hydrogens (primary N) is 1. The quantitative estimate of drug-likeness (QED) is 0.505. The number of hydrazine groups is 1. The van der Waals surface area contributed by atoms with Crippen molar-refractivity contribution in [3.63, 3.8) is 0 Å². The van der Waals surface area contributed by atoms with Crippen molar-refractivity contribution in [2.75, 3.05) is 0 Å². The Hall–Kier alpha value is -1.92. The highest BCUT2D eigenvalue weighted by molar-refractivity contribution is 5.81. The zero-order valence-electron chi connectivity index (χ0n) is 10.9. The maximum atomic E-state index is 13.1. The molecule has 20 heavy (non-hydrogen) atoms. The normalized spacial score (nSPS) is 22.3. The Labute approximate surface area is 115 Å². The van der Waals surface area contributed by atoms with E-state index in [1.54, 1.807) is 6.07 Å². The van der Waals surface area contributed by atoms with Crippen molar-refractivity contribution in [2.24, 2.45) is 5.84 Å². The first-order valence-electron chi connectivity index (χ1n) is 6.57. The number of hydrogen-bond acceptors (Lipinski definition) is 3. The number of carbonyl (C=O) groups excluding carboxylic acids is 1. The van der Waals surface area contributed by atoms with Gasteiger partial charge in [-0.05, 0) is 37.1 Å². The lowest BCUT2D eigenvalue weighted by Gasteiger charge is -2.14. The molecule has 1 aliphatic heterocycles. The number of hydrogen-bond donors (Lipinski definition) is 2. The summed E-state index contributed by atoms with van der Waals surface area (Å²) in [6, 6.07) is 6.58. The second-order valence-electron chi connectivity index (χ2n) is 5.00. The molecule has 106 valence electrons. The van der Waals surface area contributed by atoms with Gasteiger partial charge in [0.05, 0.1) is 6.10 Å². The Morgan fingerprint density at radius 2 is 2.30 bits per heavy atom. The molecule has 2 unspecified atom stereocenters. The summed E-state index contributed by atoms with van der Waals surface area (Å²) in [6.07, 6.45) is 2.88. The minimum atomic E-state index is -0.468. The lowest BCUT2D eigenvalue weighted by molar-refractivity contribution is -0.132. The summed E-state index contributed by atoms with van der Waals surface area (Å²) in [7, 11) is 0. The van der Waals surface area contributed by atoms with Crippen molar-refractivity contribution < 1.29 is 13.9 Å². The van der Waals surface area contributed by atoms with Gasteiger partial charge in [0.15, 0.2) is 0 Å². The van der Waals surface area contributed by atoms with Crippen LogP contribution in [0.3, 0.4) is 0 Å². The summed E-state index contributed by atoms with van der Waals surface area (Å²) < 4.78 is 20.8. The van der Waals surface area contributed by atoms with E-state index in [-0.39, 0.29) is 17.8 Å². The van der Waals surface area contributed by atoms with Gasteiger partial charge in [-0.15, -0.1) is 0 Å². The molecule has 3 rings (SSSR count). The molecule has 2 heterocycles. The number of benzene rings is 1. The van der Waals surface area contributed by atoms with Crippen molar-refractivity contribution in [2.45, 2.75) is 31.6 Å². The number of amides is 1. The highest BCUT2D eigenvalue weighted by Crippen LogP contribution is 2.24. The van der Waals surface area contributed by atoms with Gasteiger partial charge in [0.2, 0.25) is 0 Å². The Morgan fingerprint density at radius 1 is 1.45 bits per heavy atom. The Bertz CT molecular complexity index is 640. The minimum Gasteiger partial charge on any atom is -0.363 e. The van der Waals surface area contributed by atoms with Gasteiger partial charge < -0.3 is 9.30 Å². The number of nitrogens with zero attached hydrogens (tertiary/aromatic N) is 1. The second-order valence-corrected chi connectivity index (χ2v) is 5.00. The molecular weight excluding hydrogens is 261 g/mol. The first-order valence-corrected chi connectivity index (χ1v) is 6.57. The van der Waals surface area contributed by atoms with Crippen molar-refractivity contribution in [1.29, 1.82) is 0 Å². The molecule has 2 atom stereocenters. The summed E-state index contributed by atoms with van der Waals surface area (Å²) in [6.45, 7) is 0.642. The van der Waals surface area contributed by atoms with Crippen LogP contribution in [-0.2, 0) is 16.1 Å². The molecule has 0 radical (unpaired) electrons. The SMILES string of the molecule is NNC(=O)C1CCC(Cn2ccc3cc(F)ccc32)O1. The van der Waals surface area contributed by atoms with E-state index in [1.807, 2.05) is 16.8 Å². The van der Waals surface area contributed by atoms with Crippen LogP contribution in [0.15, 0.2) is 30.5 Å². The largest absolute Gasteiger partial charge is 0.363 e. The van der Waals surface area contributed by atoms with Gasteiger partial charge in [0.25, 0.3) is 5.91 Å². The molecule has 6 heteroatoms. The average Bonchev–Trinajstić information content (AvgIpc) is 3.06. The van der Waals surface area contributed by atoms with E-state index in [1.165, 1.54) is 12.1 Å². The Morgan fingerprint density at radius 3 is 3.10 bits per heavy atom. The smallest absolute Gasteiger partial charge is 0.263 e. The maximum Gasteiger partial charge on any atom is 0.263 e. The van der Waals surface area contributed by atoms with Crippen LogP contribution in [0.4, 0.5) is 4.39 Å². The monoisotopic (exact) mass is 277 g/mol. The molecule has 1 saturated heterocycles. The van der Waals surface area contributed by atoms with Gasteiger partial charge in [-0.2, -0.15) is 0 Å². The van der Waals surface area contributed by atoms with Crippen LogP contribution >= 0.6 is 0 Å². The van der Waals surface area contributed by atoms with Gasteiger partial charge in [0, 0.05) is 23.6 Å². The van der Waals surface area contributed by atoms with Gasteiger partial charge >= 0.3 is 0 Å². The van der Waals surface area contributed by atoms with Gasteiger partial charge in [0.1, 0.15) is 11.9 Å². The molecule has 0 bridgehead atoms. The third-order valence-electron chi connectivity index (χ3n) is 3.68. The summed E-state index contributed by atoms with van der Waals surface area (Å²) in [5.41, 5.74) is 3.07. The lowest BCUT2D eigenvalue weighted by Crippen LogP contribution is -2.39. The minimum absolute atomic E-state index is 0.0297. The Kier molecular flexibility index (Phi) is 3.42. The van der Waals surface area contributed by atoms with E-state index < -0.39 is 6.10 Å². The first kappa shape index (κ1) is 13.1. The van der Waals surface area contributed by atoms with Crippen LogP contribution in [0.25, 0.3) is 10.9 Å². The van der Waals surface area contributed by atoms with E-state index in [9.17, 15) is 9.18 Å². The first-order chi connectivity index (χ1) is 9.67. The van der Waals surface area contributed by atoms with Gasteiger partial charge in [-0.25, -0.2) is 10.2 Å². The van der Waals surface area contributed by atoms with E-state index in [0.717, 1.165) is 17.3 Å². The zero-order valence-corrected chi connectivity index (χ0v) is 10.9. The number of ether oxygens (including phenoxy) is 1. The number of aromatic nitrogens is 1. The topological polar surface area (TPSA) is 69.3 Å². The average molecular weight is 277 g/mol. The van der Waals surface area contributed by atoms with Crippen LogP contribution in [0.2, 0.25) is 0 Å². The van der Waals surface area contributed by atoms with Crippen molar-refractivity contribution in [3.8, 4) is 0 Å². The molecule has 3 N–H and O–H groups in total. The van der Waals surface area contributed by atoms with Crippen LogP contribution < -0.4 is 11.3 Å². The summed E-state index contributed by atoms with van der Waals surface area (Å²) in [5, 5.41) is 0.860. The highest BCUT2D eigenvalue weighted by atomic mass is 19.1. The number of fused-ring (bicyclic) bond motifs is 1. The van der Waals surface area contributed by atoms with E-state index >= 15 is 0 Å². The fraction of sp³-hybridized carbons (Fsp3) is 0.357. The summed E-state index contributed by atoms with van der Waals surface area (Å²) >= 11 is 0. The van der Waals surface area contributed by atoms with Crippen LogP contribution in [0.5, 0.6) is 0 Å². The van der Waals surface area contributed by atoms with Crippen LogP contribution in [0, 0.1) is 5.82 Å². The van der Waals surface area contributed by atoms with Crippen molar-refractivity contribution in [3.05, 3.63) is 36.3 Å². The van der Waals surface area contributed by atoms with Gasteiger partial charge in [-0.3, -0.25) is 10.2 Å². The van der Waals surface area contributed by atoms with Crippen LogP contribution in [0.1, 0.15) is 12.8 Å². The predicted octanol–water partition coefficient (Wildman–Crippen LogP) is 1.32. The third-order valence-corrected chi connectivity index (χ3v) is 3.68. The van der Waals surface area contributed by atoms with Crippen molar-refractivity contribution in [1.82, 2.24) is 9.99 Å². The van der Waals surface area contributed by atoms with Gasteiger partial charge in [-0.1, -0.05) is 0 Å². The number of rotatable bonds is 3. The third kappa shape index (κ3) is 2.39. The molecule has 1 fully saturated rings. The summed E-state index contributed by atoms with van der Waals surface area (Å²) in [5.74, 6) is 4.57. The second kappa shape index (κ2) is 5.22. The molecule has 0 aliphatic carbocycles. The van der Waals surface area contributed by atoms with E-state index in [0.29, 0.717) is 13.0 Å². The lowest BCUT2D eigenvalue weighted by atomic mass is 10.2. The highest BCUT2D eigenvalue weighted by Gasteiger charge is 2.30. The van der Waals surface area contributed by atoms with Crippen LogP contribution in [-0.4, -0.2) is 22.7 Å². The molecule has 0 spiro atoms. The Balaban J connectivity index is 1.73. The molecule has 0 saturated carbocycles. The summed E-state index contributed by atoms with van der Waals surface area (Å²) in [4.78, 5) is 11.4. The zero-order chi connectivity index (χ0) is 14.1. The molecule has 1 aromatic carbocycles. The van der Waals surface area contributed by atoms with Crippen molar-refractivity contribution >= 4 is 16.8 Å². The number of halogens is 1. The van der Waals surface area contributed by atoms with E-state index in [4.69, 9.17) is 10.6 Å². The standard InChI is InChI=1S/C14H16FN3O2/c15-10-1-3-12-9(7-10)5-6-18(12)8-11-2-4-13(20-11)14(19)17-16/h1,3,5-7,11,13H,2,4,8,16H2,(H,17,19).